The Morgan fingerprint density at radius 2 is 1.67 bits per heavy atom. The van der Waals surface area contributed by atoms with Crippen molar-refractivity contribution in [2.24, 2.45) is 0 Å². The highest BCUT2D eigenvalue weighted by molar-refractivity contribution is 5.78. The molecule has 0 fully saturated rings. The molecule has 0 aromatic heterocycles. The van der Waals surface area contributed by atoms with Crippen LogP contribution in [-0.4, -0.2) is 52.5 Å². The van der Waals surface area contributed by atoms with Crippen LogP contribution in [0.3, 0.4) is 0 Å². The van der Waals surface area contributed by atoms with Crippen LogP contribution in [0.15, 0.2) is 18.2 Å². The predicted octanol–water partition coefficient (Wildman–Crippen LogP) is 2.03. The highest BCUT2D eigenvalue weighted by Gasteiger charge is 2.19. The summed E-state index contributed by atoms with van der Waals surface area (Å²) in [6.07, 6.45) is 0.146. The van der Waals surface area contributed by atoms with Crippen molar-refractivity contribution in [1.82, 2.24) is 0 Å². The summed E-state index contributed by atoms with van der Waals surface area (Å²) in [7, 11) is 3.10. The third kappa shape index (κ3) is 5.98. The monoisotopic (exact) mass is 339 g/mol. The fourth-order valence-electron chi connectivity index (χ4n) is 2.15. The van der Waals surface area contributed by atoms with Gasteiger partial charge in [0.25, 0.3) is 0 Å². The van der Waals surface area contributed by atoms with Gasteiger partial charge < -0.3 is 23.8 Å². The highest BCUT2D eigenvalue weighted by atomic mass is 16.5. The second kappa shape index (κ2) is 10.4. The van der Waals surface area contributed by atoms with E-state index in [2.05, 4.69) is 0 Å². The van der Waals surface area contributed by atoms with E-state index in [0.29, 0.717) is 36.9 Å². The number of anilines is 1. The van der Waals surface area contributed by atoms with E-state index >= 15 is 0 Å². The molecular formula is C17H25NO6. The van der Waals surface area contributed by atoms with E-state index < -0.39 is 0 Å². The smallest absolute Gasteiger partial charge is 0.325 e. The molecule has 0 radical (unpaired) electrons. The first-order valence-corrected chi connectivity index (χ1v) is 7.83. The molecule has 0 atom stereocenters. The number of benzene rings is 1. The number of methoxy groups -OCH3 is 2. The van der Waals surface area contributed by atoms with Crippen LogP contribution >= 0.6 is 0 Å². The third-order valence-electron chi connectivity index (χ3n) is 3.24. The maximum absolute atomic E-state index is 11.9. The lowest BCUT2D eigenvalue weighted by Crippen LogP contribution is -2.33. The molecule has 134 valence electrons. The lowest BCUT2D eigenvalue weighted by atomic mass is 10.2. The van der Waals surface area contributed by atoms with Crippen LogP contribution in [0.1, 0.15) is 20.3 Å². The van der Waals surface area contributed by atoms with Gasteiger partial charge in [-0.15, -0.1) is 0 Å². The largest absolute Gasteiger partial charge is 0.497 e. The van der Waals surface area contributed by atoms with Gasteiger partial charge in [0.15, 0.2) is 0 Å². The molecule has 0 saturated carbocycles. The Morgan fingerprint density at radius 1 is 1.00 bits per heavy atom. The zero-order valence-corrected chi connectivity index (χ0v) is 14.7. The molecule has 24 heavy (non-hydrogen) atoms. The summed E-state index contributed by atoms with van der Waals surface area (Å²) < 4.78 is 20.5. The molecule has 7 heteroatoms. The van der Waals surface area contributed by atoms with Crippen LogP contribution < -0.4 is 14.4 Å². The van der Waals surface area contributed by atoms with Gasteiger partial charge in [0.2, 0.25) is 0 Å². The van der Waals surface area contributed by atoms with E-state index in [1.807, 2.05) is 0 Å². The van der Waals surface area contributed by atoms with Crippen molar-refractivity contribution in [3.05, 3.63) is 18.2 Å². The Labute approximate surface area is 142 Å². The second-order valence-corrected chi connectivity index (χ2v) is 4.82. The Kier molecular flexibility index (Phi) is 8.46. The number of nitrogens with zero attached hydrogens (tertiary/aromatic N) is 1. The molecule has 1 rings (SSSR count). The molecule has 0 amide bonds. The van der Waals surface area contributed by atoms with Gasteiger partial charge in [-0.2, -0.15) is 0 Å². The molecule has 7 nitrogen and oxygen atoms in total. The lowest BCUT2D eigenvalue weighted by Gasteiger charge is -2.25. The van der Waals surface area contributed by atoms with Crippen LogP contribution in [0.25, 0.3) is 0 Å². The van der Waals surface area contributed by atoms with Crippen LogP contribution in [0.2, 0.25) is 0 Å². The maximum atomic E-state index is 11.9. The number of hydrogen-bond donors (Lipinski definition) is 0. The summed E-state index contributed by atoms with van der Waals surface area (Å²) in [4.78, 5) is 25.3. The molecule has 0 unspecified atom stereocenters. The minimum Gasteiger partial charge on any atom is -0.497 e. The SMILES string of the molecule is CCOC(=O)CCN(CC(=O)OCC)c1cc(OC)ccc1OC. The summed E-state index contributed by atoms with van der Waals surface area (Å²) in [5.41, 5.74) is 0.647. The van der Waals surface area contributed by atoms with Crippen LogP contribution in [0, 0.1) is 0 Å². The first-order valence-electron chi connectivity index (χ1n) is 7.83. The Bertz CT molecular complexity index is 546. The minimum atomic E-state index is -0.383. The average molecular weight is 339 g/mol. The van der Waals surface area contributed by atoms with Crippen molar-refractivity contribution >= 4 is 17.6 Å². The zero-order chi connectivity index (χ0) is 17.9. The van der Waals surface area contributed by atoms with Crippen molar-refractivity contribution in [2.75, 3.05) is 45.4 Å². The number of hydrogen-bond acceptors (Lipinski definition) is 7. The summed E-state index contributed by atoms with van der Waals surface area (Å²) in [5, 5.41) is 0. The molecule has 0 N–H and O–H groups in total. The van der Waals surface area contributed by atoms with Gasteiger partial charge in [-0.3, -0.25) is 9.59 Å². The number of rotatable bonds is 10. The Hall–Kier alpha value is -2.44. The van der Waals surface area contributed by atoms with Gasteiger partial charge in [0.1, 0.15) is 18.0 Å². The van der Waals surface area contributed by atoms with Crippen molar-refractivity contribution in [2.45, 2.75) is 20.3 Å². The quantitative estimate of drug-likeness (QED) is 0.604. The van der Waals surface area contributed by atoms with E-state index in [9.17, 15) is 9.59 Å². The maximum Gasteiger partial charge on any atom is 0.325 e. The summed E-state index contributed by atoms with van der Waals surface area (Å²) in [5.74, 6) is 0.485. The number of esters is 2. The molecule has 0 heterocycles. The van der Waals surface area contributed by atoms with E-state index in [0.717, 1.165) is 0 Å². The van der Waals surface area contributed by atoms with Gasteiger partial charge in [0, 0.05) is 12.6 Å². The molecule has 0 bridgehead atoms. The van der Waals surface area contributed by atoms with E-state index in [1.54, 1.807) is 51.2 Å². The number of ether oxygens (including phenoxy) is 4. The van der Waals surface area contributed by atoms with E-state index in [-0.39, 0.29) is 24.9 Å². The van der Waals surface area contributed by atoms with Crippen LogP contribution in [0.5, 0.6) is 11.5 Å². The van der Waals surface area contributed by atoms with Crippen molar-refractivity contribution < 1.29 is 28.5 Å². The summed E-state index contributed by atoms with van der Waals surface area (Å²) >= 11 is 0. The predicted molar refractivity (Wildman–Crippen MR) is 89.6 cm³/mol. The van der Waals surface area contributed by atoms with Crippen molar-refractivity contribution in [3.8, 4) is 11.5 Å². The Balaban J connectivity index is 3.01. The van der Waals surface area contributed by atoms with Crippen molar-refractivity contribution in [3.63, 3.8) is 0 Å². The number of carbonyl (C=O) groups excluding carboxylic acids is 2. The molecule has 0 spiro atoms. The molecule has 0 aliphatic heterocycles. The Morgan fingerprint density at radius 3 is 2.25 bits per heavy atom. The van der Waals surface area contributed by atoms with E-state index in [1.165, 1.54) is 0 Å². The second-order valence-electron chi connectivity index (χ2n) is 4.82. The van der Waals surface area contributed by atoms with Gasteiger partial charge in [-0.1, -0.05) is 0 Å². The molecule has 0 aliphatic rings. The number of carbonyl (C=O) groups is 2. The lowest BCUT2D eigenvalue weighted by molar-refractivity contribution is -0.144. The standard InChI is InChI=1S/C17H25NO6/c1-5-23-16(19)9-10-18(12-17(20)24-6-2)14-11-13(21-3)7-8-15(14)22-4/h7-8,11H,5-6,9-10,12H2,1-4H3. The van der Waals surface area contributed by atoms with Gasteiger partial charge in [-0.05, 0) is 26.0 Å². The summed E-state index contributed by atoms with van der Waals surface area (Å²) in [6.45, 7) is 4.39. The molecule has 0 aliphatic carbocycles. The highest BCUT2D eigenvalue weighted by Crippen LogP contribution is 2.32. The molecular weight excluding hydrogens is 314 g/mol. The molecule has 1 aromatic rings. The molecule has 0 saturated heterocycles. The normalized spacial score (nSPS) is 10.0. The zero-order valence-electron chi connectivity index (χ0n) is 14.7. The van der Waals surface area contributed by atoms with Crippen molar-refractivity contribution in [1.29, 1.82) is 0 Å². The minimum absolute atomic E-state index is 0.00320. The van der Waals surface area contributed by atoms with Crippen LogP contribution in [-0.2, 0) is 19.1 Å². The average Bonchev–Trinajstić information content (AvgIpc) is 2.58. The first kappa shape index (κ1) is 19.6. The van der Waals surface area contributed by atoms with Crippen LogP contribution in [0.4, 0.5) is 5.69 Å². The van der Waals surface area contributed by atoms with Gasteiger partial charge in [-0.25, -0.2) is 0 Å². The third-order valence-corrected chi connectivity index (χ3v) is 3.24. The molecule has 1 aromatic carbocycles. The van der Waals surface area contributed by atoms with E-state index in [4.69, 9.17) is 18.9 Å². The van der Waals surface area contributed by atoms with Gasteiger partial charge in [0.05, 0.1) is 39.5 Å². The van der Waals surface area contributed by atoms with Gasteiger partial charge >= 0.3 is 11.9 Å². The topological polar surface area (TPSA) is 74.3 Å². The fourth-order valence-corrected chi connectivity index (χ4v) is 2.15. The summed E-state index contributed by atoms with van der Waals surface area (Å²) in [6, 6.07) is 5.26. The fraction of sp³-hybridized carbons (Fsp3) is 0.529. The first-order chi connectivity index (χ1) is 11.5.